The Morgan fingerprint density at radius 1 is 1.32 bits per heavy atom. The van der Waals surface area contributed by atoms with Crippen molar-refractivity contribution in [3.63, 3.8) is 0 Å². The average Bonchev–Trinajstić information content (AvgIpc) is 2.63. The van der Waals surface area contributed by atoms with Crippen LogP contribution in [-0.2, 0) is 6.42 Å². The van der Waals surface area contributed by atoms with Crippen molar-refractivity contribution in [2.45, 2.75) is 13.3 Å². The van der Waals surface area contributed by atoms with Crippen LogP contribution in [0.4, 0.5) is 17.3 Å². The number of anilines is 3. The third-order valence-corrected chi connectivity index (χ3v) is 3.81. The number of aliphatic hydroxyl groups is 1. The molecule has 3 rings (SSSR count). The first kappa shape index (κ1) is 14.5. The summed E-state index contributed by atoms with van der Waals surface area (Å²) in [4.78, 5) is 25.2. The highest BCUT2D eigenvalue weighted by molar-refractivity contribution is 6.12. The van der Waals surface area contributed by atoms with Crippen LogP contribution in [0.15, 0.2) is 30.6 Å². The van der Waals surface area contributed by atoms with Crippen molar-refractivity contribution in [2.24, 2.45) is 0 Å². The summed E-state index contributed by atoms with van der Waals surface area (Å²) < 4.78 is 0. The number of aliphatic hydroxyl groups excluding tert-OH is 1. The van der Waals surface area contributed by atoms with Crippen LogP contribution in [-0.4, -0.2) is 41.2 Å². The highest BCUT2D eigenvalue weighted by Crippen LogP contribution is 2.37. The number of aromatic nitrogens is 2. The molecule has 114 valence electrons. The molecule has 0 bridgehead atoms. The van der Waals surface area contributed by atoms with Crippen LogP contribution in [0.3, 0.4) is 0 Å². The van der Waals surface area contributed by atoms with Gasteiger partial charge in [-0.1, -0.05) is 0 Å². The smallest absolute Gasteiger partial charge is 0.261 e. The number of hydrogen-bond acceptors (Lipinski definition) is 5. The van der Waals surface area contributed by atoms with Crippen molar-refractivity contribution in [1.82, 2.24) is 9.97 Å². The van der Waals surface area contributed by atoms with Crippen molar-refractivity contribution in [3.05, 3.63) is 41.7 Å². The Morgan fingerprint density at radius 3 is 2.86 bits per heavy atom. The number of rotatable bonds is 3. The van der Waals surface area contributed by atoms with Crippen molar-refractivity contribution < 1.29 is 9.90 Å². The maximum absolute atomic E-state index is 12.8. The fourth-order valence-corrected chi connectivity index (χ4v) is 2.69. The Kier molecular flexibility index (Phi) is 3.77. The van der Waals surface area contributed by atoms with Gasteiger partial charge in [-0.05, 0) is 37.1 Å². The second kappa shape index (κ2) is 5.73. The molecule has 1 N–H and O–H groups in total. The maximum Gasteiger partial charge on any atom is 0.261 e. The van der Waals surface area contributed by atoms with E-state index < -0.39 is 0 Å². The third kappa shape index (κ3) is 2.21. The lowest BCUT2D eigenvalue weighted by atomic mass is 10.1. The van der Waals surface area contributed by atoms with Gasteiger partial charge in [0.25, 0.3) is 5.91 Å². The van der Waals surface area contributed by atoms with Gasteiger partial charge in [-0.2, -0.15) is 0 Å². The largest absolute Gasteiger partial charge is 0.396 e. The molecule has 2 aromatic heterocycles. The lowest BCUT2D eigenvalue weighted by Gasteiger charge is -2.22. The zero-order valence-corrected chi connectivity index (χ0v) is 12.7. The Labute approximate surface area is 129 Å². The van der Waals surface area contributed by atoms with E-state index in [9.17, 15) is 4.79 Å². The molecule has 0 fully saturated rings. The van der Waals surface area contributed by atoms with Gasteiger partial charge >= 0.3 is 0 Å². The third-order valence-electron chi connectivity index (χ3n) is 3.81. The SMILES string of the molecule is CCN1c2ncc(C[14CH2]O)cc2C(=O)N(C)c2cccnc21. The number of carbonyl (C=O) groups is 1. The van der Waals surface area contributed by atoms with Gasteiger partial charge in [0.05, 0.1) is 11.3 Å². The molecule has 22 heavy (non-hydrogen) atoms. The Balaban J connectivity index is 2.22. The topological polar surface area (TPSA) is 69.6 Å². The summed E-state index contributed by atoms with van der Waals surface area (Å²) in [7, 11) is 1.74. The second-order valence-corrected chi connectivity index (χ2v) is 5.14. The van der Waals surface area contributed by atoms with Crippen LogP contribution in [0.25, 0.3) is 0 Å². The molecule has 1 aliphatic rings. The van der Waals surface area contributed by atoms with E-state index in [4.69, 9.17) is 5.11 Å². The molecule has 6 nitrogen and oxygen atoms in total. The monoisotopic (exact) mass is 300 g/mol. The van der Waals surface area contributed by atoms with Crippen LogP contribution < -0.4 is 9.80 Å². The molecule has 1 amide bonds. The van der Waals surface area contributed by atoms with E-state index in [1.807, 2.05) is 30.0 Å². The van der Waals surface area contributed by atoms with Crippen LogP contribution in [0.2, 0.25) is 0 Å². The average molecular weight is 300 g/mol. The molecule has 0 spiro atoms. The second-order valence-electron chi connectivity index (χ2n) is 5.14. The van der Waals surface area contributed by atoms with Gasteiger partial charge in [0.15, 0.2) is 5.82 Å². The first-order chi connectivity index (χ1) is 10.7. The minimum Gasteiger partial charge on any atom is -0.396 e. The molecule has 0 radical (unpaired) electrons. The molecular formula is C16H18N4O2. The Hall–Kier alpha value is -2.47. The summed E-state index contributed by atoms with van der Waals surface area (Å²) in [6.45, 7) is 2.69. The molecule has 0 saturated carbocycles. The highest BCUT2D eigenvalue weighted by atomic mass is 16.5. The fraction of sp³-hybridized carbons (Fsp3) is 0.312. The first-order valence-corrected chi connectivity index (χ1v) is 7.27. The van der Waals surface area contributed by atoms with E-state index in [2.05, 4.69) is 9.97 Å². The molecule has 0 aliphatic carbocycles. The number of carbonyl (C=O) groups excluding carboxylic acids is 1. The first-order valence-electron chi connectivity index (χ1n) is 7.27. The van der Waals surface area contributed by atoms with E-state index in [1.54, 1.807) is 24.3 Å². The number of pyridine rings is 2. The standard InChI is InChI=1S/C16H18N4O2/c1-3-20-14-12(9-11(6-8-21)10-18-14)16(22)19(2)13-5-4-7-17-15(13)20/h4-5,7,9-10,21H,3,6,8H2,1-2H3/i8+2. The van der Waals surface area contributed by atoms with Gasteiger partial charge in [0.2, 0.25) is 0 Å². The van der Waals surface area contributed by atoms with Crippen LogP contribution in [0.5, 0.6) is 0 Å². The highest BCUT2D eigenvalue weighted by Gasteiger charge is 2.30. The Bertz CT molecular complexity index is 717. The molecule has 1 aliphatic heterocycles. The predicted octanol–water partition coefficient (Wildman–Crippen LogP) is 1.76. The molecular weight excluding hydrogens is 282 g/mol. The van der Waals surface area contributed by atoms with Crippen molar-refractivity contribution in [1.29, 1.82) is 0 Å². The molecule has 0 saturated heterocycles. The molecule has 6 heteroatoms. The van der Waals surface area contributed by atoms with Gasteiger partial charge in [-0.3, -0.25) is 4.79 Å². The minimum atomic E-state index is -0.118. The van der Waals surface area contributed by atoms with E-state index >= 15 is 0 Å². The molecule has 2 aromatic rings. The van der Waals surface area contributed by atoms with Gasteiger partial charge in [0, 0.05) is 32.6 Å². The van der Waals surface area contributed by atoms with Gasteiger partial charge < -0.3 is 14.9 Å². The van der Waals surface area contributed by atoms with Crippen molar-refractivity contribution in [2.75, 3.05) is 30.0 Å². The summed E-state index contributed by atoms with van der Waals surface area (Å²) in [5.41, 5.74) is 2.14. The number of hydrogen-bond donors (Lipinski definition) is 1. The summed E-state index contributed by atoms with van der Waals surface area (Å²) in [6, 6.07) is 5.51. The van der Waals surface area contributed by atoms with E-state index in [0.29, 0.717) is 24.3 Å². The van der Waals surface area contributed by atoms with E-state index in [1.165, 1.54) is 0 Å². The van der Waals surface area contributed by atoms with Crippen molar-refractivity contribution >= 4 is 23.2 Å². The zero-order chi connectivity index (χ0) is 15.7. The maximum atomic E-state index is 12.8. The van der Waals surface area contributed by atoms with Crippen LogP contribution in [0.1, 0.15) is 22.8 Å². The van der Waals surface area contributed by atoms with Crippen LogP contribution in [0, 0.1) is 0 Å². The van der Waals surface area contributed by atoms with E-state index in [-0.39, 0.29) is 12.5 Å². The molecule has 0 aromatic carbocycles. The summed E-state index contributed by atoms with van der Waals surface area (Å²) >= 11 is 0. The summed E-state index contributed by atoms with van der Waals surface area (Å²) in [5, 5.41) is 9.09. The molecule has 3 heterocycles. The van der Waals surface area contributed by atoms with Gasteiger partial charge in [-0.15, -0.1) is 0 Å². The minimum absolute atomic E-state index is 0.0315. The quantitative estimate of drug-likeness (QED) is 0.935. The zero-order valence-electron chi connectivity index (χ0n) is 12.7. The Morgan fingerprint density at radius 2 is 2.14 bits per heavy atom. The number of amides is 1. The normalized spacial score (nSPS) is 13.7. The molecule has 0 unspecified atom stereocenters. The fourth-order valence-electron chi connectivity index (χ4n) is 2.69. The summed E-state index contributed by atoms with van der Waals surface area (Å²) in [6.07, 6.45) is 3.90. The lowest BCUT2D eigenvalue weighted by molar-refractivity contribution is 0.0994. The summed E-state index contributed by atoms with van der Waals surface area (Å²) in [5.74, 6) is 1.22. The van der Waals surface area contributed by atoms with Gasteiger partial charge in [0.1, 0.15) is 5.82 Å². The lowest BCUT2D eigenvalue weighted by Crippen LogP contribution is -2.25. The van der Waals surface area contributed by atoms with E-state index in [0.717, 1.165) is 17.1 Å². The molecule has 0 atom stereocenters. The number of nitrogens with zero attached hydrogens (tertiary/aromatic N) is 4. The predicted molar refractivity (Wildman–Crippen MR) is 84.7 cm³/mol. The van der Waals surface area contributed by atoms with Crippen LogP contribution >= 0.6 is 0 Å². The number of fused-ring (bicyclic) bond motifs is 2. The van der Waals surface area contributed by atoms with Crippen molar-refractivity contribution in [3.8, 4) is 0 Å². The van der Waals surface area contributed by atoms with Gasteiger partial charge in [-0.25, -0.2) is 9.97 Å².